The molecule has 2 aromatic rings. The monoisotopic (exact) mass is 497 g/mol. The summed E-state index contributed by atoms with van der Waals surface area (Å²) >= 11 is 0. The van der Waals surface area contributed by atoms with Crippen LogP contribution in [-0.4, -0.2) is 13.2 Å². The van der Waals surface area contributed by atoms with Gasteiger partial charge in [-0.2, -0.15) is 0 Å². The molecule has 2 aliphatic rings. The molecule has 0 aromatic heterocycles. The summed E-state index contributed by atoms with van der Waals surface area (Å²) in [5.41, 5.74) is 5.89. The standard InChI is InChI=1S/C27H36OSi.3CH3.Ti/c1-17-14-22(27(3,4)5)26(28)24(15-17)29(6,7)23-16-18(2)25-20-11-9-8-10-19(20)12-13-21(23)25;;;;/h8-15,18,21,23,25,28H,16H2,1-7H3;3*1H3;/q;3*-1;+3. The minimum atomic E-state index is -1.91. The van der Waals surface area contributed by atoms with Crippen LogP contribution in [0.15, 0.2) is 42.5 Å². The molecule has 1 fully saturated rings. The maximum atomic E-state index is 11.4. The first-order valence-electron chi connectivity index (χ1n) is 11.1. The van der Waals surface area contributed by atoms with Gasteiger partial charge < -0.3 is 27.4 Å². The first kappa shape index (κ1) is 31.9. The van der Waals surface area contributed by atoms with Gasteiger partial charge in [-0.15, -0.1) is 0 Å². The van der Waals surface area contributed by atoms with Crippen molar-refractivity contribution >= 4 is 19.3 Å². The number of allylic oxidation sites excluding steroid dienone is 1. The Kier molecular flexibility index (Phi) is 10.7. The molecular weight excluding hydrogens is 452 g/mol. The zero-order valence-electron chi connectivity index (χ0n) is 22.6. The molecule has 1 saturated carbocycles. The molecule has 1 nitrogen and oxygen atoms in total. The second-order valence-corrected chi connectivity index (χ2v) is 15.8. The van der Waals surface area contributed by atoms with Crippen molar-refractivity contribution < 1.29 is 26.8 Å². The number of benzene rings is 2. The van der Waals surface area contributed by atoms with Crippen molar-refractivity contribution in [3.8, 4) is 5.75 Å². The topological polar surface area (TPSA) is 20.2 Å². The van der Waals surface area contributed by atoms with E-state index in [1.807, 2.05) is 0 Å². The minimum Gasteiger partial charge on any atom is -0.508 e. The van der Waals surface area contributed by atoms with Crippen molar-refractivity contribution in [1.82, 2.24) is 0 Å². The predicted octanol–water partition coefficient (Wildman–Crippen LogP) is 8.10. The predicted molar refractivity (Wildman–Crippen MR) is 147 cm³/mol. The van der Waals surface area contributed by atoms with Gasteiger partial charge in [0.2, 0.25) is 0 Å². The summed E-state index contributed by atoms with van der Waals surface area (Å²) in [6.45, 7) is 16.2. The van der Waals surface area contributed by atoms with E-state index in [1.54, 1.807) is 0 Å². The first-order chi connectivity index (χ1) is 13.5. The van der Waals surface area contributed by atoms with E-state index in [9.17, 15) is 5.11 Å². The van der Waals surface area contributed by atoms with Crippen molar-refractivity contribution in [3.05, 3.63) is 87.0 Å². The van der Waals surface area contributed by atoms with Gasteiger partial charge in [-0.3, -0.25) is 0 Å². The Bertz CT molecular complexity index is 970. The third-order valence-electron chi connectivity index (χ3n) is 7.65. The van der Waals surface area contributed by atoms with Gasteiger partial charge in [-0.25, -0.2) is 0 Å². The van der Waals surface area contributed by atoms with Crippen molar-refractivity contribution in [3.63, 3.8) is 0 Å². The molecule has 1 radical (unpaired) electrons. The van der Waals surface area contributed by atoms with E-state index in [1.165, 1.54) is 28.3 Å². The summed E-state index contributed by atoms with van der Waals surface area (Å²) in [5.74, 6) is 2.44. The number of aryl methyl sites for hydroxylation is 1. The van der Waals surface area contributed by atoms with Gasteiger partial charge in [0.15, 0.2) is 0 Å². The van der Waals surface area contributed by atoms with Crippen molar-refractivity contribution in [1.29, 1.82) is 0 Å². The van der Waals surface area contributed by atoms with Crippen LogP contribution in [0.5, 0.6) is 5.75 Å². The summed E-state index contributed by atoms with van der Waals surface area (Å²) in [6.07, 6.45) is 6.10. The molecule has 3 heteroatoms. The second kappa shape index (κ2) is 11.1. The van der Waals surface area contributed by atoms with Crippen LogP contribution in [0.25, 0.3) is 6.08 Å². The Morgan fingerprint density at radius 3 is 2.21 bits per heavy atom. The van der Waals surface area contributed by atoms with Gasteiger partial charge in [0.05, 0.1) is 8.07 Å². The third-order valence-corrected chi connectivity index (χ3v) is 11.9. The van der Waals surface area contributed by atoms with Gasteiger partial charge in [0, 0.05) is 0 Å². The fourth-order valence-corrected chi connectivity index (χ4v) is 10.1. The van der Waals surface area contributed by atoms with E-state index >= 15 is 0 Å². The molecular formula is C30H45OSiTi. The zero-order valence-corrected chi connectivity index (χ0v) is 25.1. The summed E-state index contributed by atoms with van der Waals surface area (Å²) in [4.78, 5) is 0. The Hall–Kier alpha value is -1.09. The van der Waals surface area contributed by atoms with Crippen LogP contribution in [0.2, 0.25) is 18.6 Å². The van der Waals surface area contributed by atoms with Gasteiger partial charge in [0.1, 0.15) is 5.75 Å². The maximum Gasteiger partial charge on any atom is 3.00 e. The fraction of sp³-hybridized carbons (Fsp3) is 0.433. The number of rotatable bonds is 2. The largest absolute Gasteiger partial charge is 3.00 e. The smallest absolute Gasteiger partial charge is 0.508 e. The number of phenolic OH excluding ortho intramolecular Hbond substituents is 1. The van der Waals surface area contributed by atoms with Crippen LogP contribution < -0.4 is 5.19 Å². The summed E-state index contributed by atoms with van der Waals surface area (Å²) in [5, 5.41) is 12.6. The third kappa shape index (κ3) is 5.44. The van der Waals surface area contributed by atoms with Crippen LogP contribution in [0.4, 0.5) is 0 Å². The Morgan fingerprint density at radius 1 is 1.00 bits per heavy atom. The number of fused-ring (bicyclic) bond motifs is 3. The Morgan fingerprint density at radius 2 is 1.61 bits per heavy atom. The average molecular weight is 498 g/mol. The molecule has 0 saturated heterocycles. The molecule has 0 amide bonds. The van der Waals surface area contributed by atoms with Gasteiger partial charge >= 0.3 is 21.7 Å². The molecule has 4 atom stereocenters. The number of aromatic hydroxyl groups is 1. The summed E-state index contributed by atoms with van der Waals surface area (Å²) < 4.78 is 0. The average Bonchev–Trinajstić information content (AvgIpc) is 3.00. The summed E-state index contributed by atoms with van der Waals surface area (Å²) in [6, 6.07) is 13.4. The van der Waals surface area contributed by atoms with Crippen molar-refractivity contribution in [2.75, 3.05) is 0 Å². The minimum absolute atomic E-state index is 0. The van der Waals surface area contributed by atoms with E-state index < -0.39 is 8.07 Å². The van der Waals surface area contributed by atoms with Crippen LogP contribution in [0.1, 0.15) is 62.3 Å². The Labute approximate surface area is 221 Å². The number of hydrogen-bond acceptors (Lipinski definition) is 1. The van der Waals surface area contributed by atoms with Crippen LogP contribution in [-0.2, 0) is 27.1 Å². The molecule has 1 N–H and O–H groups in total. The second-order valence-electron chi connectivity index (χ2n) is 11.1. The quantitative estimate of drug-likeness (QED) is 0.328. The molecule has 4 rings (SSSR count). The molecule has 4 unspecified atom stereocenters. The van der Waals surface area contributed by atoms with Crippen LogP contribution in [0, 0.1) is 41.0 Å². The summed E-state index contributed by atoms with van der Waals surface area (Å²) in [7, 11) is -1.91. The van der Waals surface area contributed by atoms with Crippen molar-refractivity contribution in [2.24, 2.45) is 11.8 Å². The fourth-order valence-electron chi connectivity index (χ4n) is 6.10. The SMILES string of the molecule is Cc1cc(C(C)(C)C)c(O)c([Si](C)(C)C2CC(C)C3c4ccccc4C=CC32)c1.[CH3-].[CH3-].[CH3-].[Ti+3]. The first-order valence-corrected chi connectivity index (χ1v) is 14.2. The number of phenols is 1. The molecule has 0 bridgehead atoms. The van der Waals surface area contributed by atoms with Crippen molar-refractivity contribution in [2.45, 2.75) is 71.0 Å². The molecule has 0 spiro atoms. The van der Waals surface area contributed by atoms with E-state index in [4.69, 9.17) is 0 Å². The molecule has 0 heterocycles. The van der Waals surface area contributed by atoms with E-state index in [-0.39, 0.29) is 49.4 Å². The molecule has 2 aliphatic carbocycles. The zero-order chi connectivity index (χ0) is 21.1. The van der Waals surface area contributed by atoms with Gasteiger partial charge in [-0.05, 0) is 63.9 Å². The molecule has 179 valence electrons. The molecule has 33 heavy (non-hydrogen) atoms. The maximum absolute atomic E-state index is 11.4. The molecule has 2 aromatic carbocycles. The molecule has 0 aliphatic heterocycles. The van der Waals surface area contributed by atoms with Gasteiger partial charge in [0.25, 0.3) is 0 Å². The Balaban J connectivity index is 0.00000256. The number of hydrogen-bond donors (Lipinski definition) is 1. The van der Waals surface area contributed by atoms with Crippen LogP contribution in [0.3, 0.4) is 0 Å². The van der Waals surface area contributed by atoms with E-state index in [0.29, 0.717) is 29.0 Å². The van der Waals surface area contributed by atoms with Gasteiger partial charge in [-0.1, -0.05) is 94.9 Å². The van der Waals surface area contributed by atoms with Crippen LogP contribution >= 0.6 is 0 Å². The van der Waals surface area contributed by atoms with E-state index in [2.05, 4.69) is 96.3 Å². The van der Waals surface area contributed by atoms with E-state index in [0.717, 1.165) is 5.56 Å². The normalized spacial score (nSPS) is 23.1.